The average Bonchev–Trinajstić information content (AvgIpc) is 0.746. The van der Waals surface area contributed by atoms with Gasteiger partial charge in [0.1, 0.15) is 165 Å². The number of hydrogen-bond donors (Lipinski definition) is 24. The van der Waals surface area contributed by atoms with Gasteiger partial charge in [-0.1, -0.05) is 0 Å². The van der Waals surface area contributed by atoms with Gasteiger partial charge in [0.2, 0.25) is 17.7 Å². The van der Waals surface area contributed by atoms with Crippen molar-refractivity contribution in [3.8, 4) is 0 Å². The van der Waals surface area contributed by atoms with Gasteiger partial charge in [0, 0.05) is 61.3 Å². The van der Waals surface area contributed by atoms with E-state index >= 15 is 0 Å². The lowest BCUT2D eigenvalue weighted by molar-refractivity contribution is -0.399. The number of esters is 4. The lowest BCUT2D eigenvalue weighted by Crippen LogP contribution is -2.72. The second kappa shape index (κ2) is 43.9. The van der Waals surface area contributed by atoms with Crippen molar-refractivity contribution in [2.24, 2.45) is 0 Å². The standard InChI is InChI=1S/C72H113N3O51/c1-19-40(90)47(97)60(113-27(9)85)67(108-19)123-59-41(91)20(2)109-68(61(59)114-28(10)86)122-57-38(74-23(5)81)63(110-21(3)51(57)111-25(7)83)120-56-36(18-107-62-37(73-22(4)80)45(95)43(93)33(14-77)115-62)118-64(39(75-24(6)82)58(56)112-26(8)84)119-54-35(16-79)117-66(50(100)48(54)98)121-55-32(12-71(105,69(101)102)125-53(55)30(88)13-76)124-72(70(103)104)11-29(87)42(92)52(126-72)31(89)17-106-65-49(99)46(96)44(94)34(15-78)116-65/h19-21,29-68,76-79,87-100,105H,11-18H2,1-10H3,(H,73,80)(H,74,81)(H,75,82)(H,101,102)(H,103,104)/t19-,20-,21+,29+,30+,31+,32+,33+,34+,35+,36+,37+,38+,39+,40-,41-,42+,43+,44+,45+,46-,47+,48+,49-,50-,51+,52+,53+,54+,55+,56+,57+,58+,59+,60+,61+,62-,63-,64-,65-,66+,67-,68-,71+,72+/m0/s1. The van der Waals surface area contributed by atoms with Crippen molar-refractivity contribution in [3.05, 3.63) is 0 Å². The van der Waals surface area contributed by atoms with Crippen LogP contribution in [-0.4, -0.2) is 476 Å². The first-order valence-corrected chi connectivity index (χ1v) is 39.8. The fraction of sp³-hybridized carbons (Fsp3) is 0.875. The number of aliphatic carboxylic acids is 2. The number of carboxylic acid groups (broad SMARTS) is 2. The predicted molar refractivity (Wildman–Crippen MR) is 388 cm³/mol. The minimum absolute atomic E-state index is 0.827. The van der Waals surface area contributed by atoms with Gasteiger partial charge in [0.05, 0.1) is 70.2 Å². The van der Waals surface area contributed by atoms with E-state index in [4.69, 9.17) is 99.5 Å². The van der Waals surface area contributed by atoms with Crippen molar-refractivity contribution in [3.63, 3.8) is 0 Å². The molecule has 0 aromatic carbocycles. The average molecular weight is 1840 g/mol. The number of carbonyl (C=O) groups excluding carboxylic acids is 7. The zero-order valence-corrected chi connectivity index (χ0v) is 69.1. The van der Waals surface area contributed by atoms with Gasteiger partial charge in [0.25, 0.3) is 11.6 Å². The van der Waals surface area contributed by atoms with Crippen LogP contribution >= 0.6 is 0 Å². The Labute approximate surface area is 714 Å². The molecule has 0 aliphatic carbocycles. The summed E-state index contributed by atoms with van der Waals surface area (Å²) in [6.07, 6.45) is -86.1. The zero-order valence-electron chi connectivity index (χ0n) is 69.1. The Morgan fingerprint density at radius 2 is 0.825 bits per heavy atom. The van der Waals surface area contributed by atoms with Crippen LogP contribution in [0, 0.1) is 0 Å². The van der Waals surface area contributed by atoms with Gasteiger partial charge in [-0.15, -0.1) is 0 Å². The van der Waals surface area contributed by atoms with E-state index in [0.29, 0.717) is 0 Å². The van der Waals surface area contributed by atoms with Gasteiger partial charge >= 0.3 is 35.8 Å². The summed E-state index contributed by atoms with van der Waals surface area (Å²) in [6, 6.07) is -5.83. The number of nitrogens with one attached hydrogen (secondary N) is 3. The van der Waals surface area contributed by atoms with E-state index in [1.54, 1.807) is 0 Å². The van der Waals surface area contributed by atoms with Crippen molar-refractivity contribution in [1.82, 2.24) is 16.0 Å². The smallest absolute Gasteiger partial charge is 0.364 e. The van der Waals surface area contributed by atoms with E-state index in [-0.39, 0.29) is 0 Å². The third-order valence-corrected chi connectivity index (χ3v) is 22.1. The van der Waals surface area contributed by atoms with Gasteiger partial charge in [0.15, 0.2) is 68.4 Å². The highest BCUT2D eigenvalue weighted by molar-refractivity contribution is 5.77. The Kier molecular flexibility index (Phi) is 36.1. The molecule has 0 spiro atoms. The molecule has 722 valence electrons. The van der Waals surface area contributed by atoms with E-state index in [9.17, 15) is 150 Å². The topological polar surface area (TPSA) is 808 Å². The summed E-state index contributed by atoms with van der Waals surface area (Å²) in [5.74, 6) is -19.0. The van der Waals surface area contributed by atoms with E-state index in [2.05, 4.69) is 16.0 Å². The molecule has 9 aliphatic rings. The summed E-state index contributed by atoms with van der Waals surface area (Å²) < 4.78 is 126. The lowest BCUT2D eigenvalue weighted by atomic mass is 9.89. The van der Waals surface area contributed by atoms with Crippen molar-refractivity contribution in [2.45, 2.75) is 357 Å². The Morgan fingerprint density at radius 3 is 1.38 bits per heavy atom. The number of aliphatic hydroxyl groups excluding tert-OH is 18. The molecular weight excluding hydrogens is 1720 g/mol. The first-order valence-electron chi connectivity index (χ1n) is 39.8. The molecule has 9 rings (SSSR count). The molecule has 45 atom stereocenters. The Morgan fingerprint density at radius 1 is 0.373 bits per heavy atom. The van der Waals surface area contributed by atoms with Crippen LogP contribution < -0.4 is 16.0 Å². The van der Waals surface area contributed by atoms with Crippen molar-refractivity contribution < 1.29 is 250 Å². The minimum Gasteiger partial charge on any atom is -0.477 e. The molecular formula is C72H113N3O51. The third-order valence-electron chi connectivity index (χ3n) is 22.1. The Balaban J connectivity index is 1.08. The largest absolute Gasteiger partial charge is 0.477 e. The van der Waals surface area contributed by atoms with Crippen molar-refractivity contribution in [2.75, 3.05) is 39.6 Å². The maximum absolute atomic E-state index is 13.8. The van der Waals surface area contributed by atoms with Crippen LogP contribution in [-0.2, 0) is 143 Å². The fourth-order valence-corrected chi connectivity index (χ4v) is 16.0. The third kappa shape index (κ3) is 23.6. The predicted octanol–water partition coefficient (Wildman–Crippen LogP) is -15.1. The molecule has 9 heterocycles. The number of hydrogen-bond acceptors (Lipinski definition) is 49. The molecule has 0 aromatic rings. The van der Waals surface area contributed by atoms with Crippen LogP contribution in [0.25, 0.3) is 0 Å². The molecule has 0 saturated carbocycles. The number of carboxylic acids is 2. The van der Waals surface area contributed by atoms with Crippen LogP contribution in [0.4, 0.5) is 0 Å². The van der Waals surface area contributed by atoms with Crippen LogP contribution in [0.2, 0.25) is 0 Å². The highest BCUT2D eigenvalue weighted by Crippen LogP contribution is 2.44. The van der Waals surface area contributed by atoms with Crippen LogP contribution in [0.3, 0.4) is 0 Å². The number of carbonyl (C=O) groups is 9. The Bertz CT molecular complexity index is 3650. The van der Waals surface area contributed by atoms with Crippen molar-refractivity contribution >= 4 is 53.5 Å². The molecule has 0 unspecified atom stereocenters. The SMILES string of the molecule is CC(=O)N[C@H]1[C@@H](OC[C@H]2O[C@@H](O[C@H]3[C@H](O)[C@H](O)[C@@H](O[C@H]4[C@@H]([C@H](O)CO)O[C@@](O)(C(=O)O)C[C@H]4O[C@]4(C(=O)O)C[C@@H](O)[C@@H](O)[C@@H]([C@H](O)CO[C@H]5O[C@H](CO)[C@@H](O)[C@H](O)[C@@H]5O)O4)O[C@@H]3CO)[C@H](NC(C)=O)[C@@H](OC(C)=O)[C@@H]2O[C@@H]2O[C@H](C)[C@@H](OC(C)=O)[C@H](O[C@@H]3O[C@@H](C)[C@H](O)[C@@H](O[C@@H]4O[C@@H](C)[C@H](O)[C@@H](O)[C@H]4OC(C)=O)[C@H]3OC(C)=O)[C@H]2NC(C)=O)O[C@H](CO)[C@@H](O)[C@@H]1O. The highest BCUT2D eigenvalue weighted by atomic mass is 16.8. The maximum Gasteiger partial charge on any atom is 0.364 e. The monoisotopic (exact) mass is 1840 g/mol. The summed E-state index contributed by atoms with van der Waals surface area (Å²) in [5, 5.41) is 239. The number of rotatable bonds is 33. The zero-order chi connectivity index (χ0) is 93.6. The first-order chi connectivity index (χ1) is 59.0. The maximum atomic E-state index is 13.8. The Hall–Kier alpha value is -6.21. The molecule has 54 heteroatoms. The number of aliphatic hydroxyl groups is 19. The molecule has 9 fully saturated rings. The second-order valence-electron chi connectivity index (χ2n) is 31.7. The molecule has 0 bridgehead atoms. The van der Waals surface area contributed by atoms with Gasteiger partial charge in [-0.05, 0) is 20.8 Å². The normalized spacial score (nSPS) is 45.1. The second-order valence-corrected chi connectivity index (χ2v) is 31.7. The number of amides is 3. The molecule has 3 amide bonds. The van der Waals surface area contributed by atoms with Gasteiger partial charge in [-0.3, -0.25) is 33.6 Å². The van der Waals surface area contributed by atoms with E-state index in [1.165, 1.54) is 20.8 Å². The van der Waals surface area contributed by atoms with Gasteiger partial charge in [-0.2, -0.15) is 0 Å². The van der Waals surface area contributed by atoms with E-state index < -0.39 is 381 Å². The quantitative estimate of drug-likeness (QED) is 0.0214. The molecule has 9 aliphatic heterocycles. The van der Waals surface area contributed by atoms with Crippen LogP contribution in [0.15, 0.2) is 0 Å². The molecule has 24 N–H and O–H groups in total. The van der Waals surface area contributed by atoms with Gasteiger partial charge in [-0.25, -0.2) is 9.59 Å². The van der Waals surface area contributed by atoms with Crippen molar-refractivity contribution in [1.29, 1.82) is 0 Å². The van der Waals surface area contributed by atoms with E-state index in [0.717, 1.165) is 48.5 Å². The molecule has 126 heavy (non-hydrogen) atoms. The van der Waals surface area contributed by atoms with E-state index in [1.807, 2.05) is 0 Å². The lowest BCUT2D eigenvalue weighted by Gasteiger charge is -2.52. The molecule has 54 nitrogen and oxygen atoms in total. The summed E-state index contributed by atoms with van der Waals surface area (Å²) >= 11 is 0. The summed E-state index contributed by atoms with van der Waals surface area (Å²) in [7, 11) is 0. The molecule has 0 aromatic heterocycles. The van der Waals surface area contributed by atoms with Crippen LogP contribution in [0.1, 0.15) is 82.1 Å². The summed E-state index contributed by atoms with van der Waals surface area (Å²) in [4.78, 5) is 120. The summed E-state index contributed by atoms with van der Waals surface area (Å²) in [5.41, 5.74) is 0. The first kappa shape index (κ1) is 104. The van der Waals surface area contributed by atoms with Crippen LogP contribution in [0.5, 0.6) is 0 Å². The molecule has 0 radical (unpaired) electrons. The summed E-state index contributed by atoms with van der Waals surface area (Å²) in [6.45, 7) is 3.19. The minimum atomic E-state index is -3.63. The highest BCUT2D eigenvalue weighted by Gasteiger charge is 2.65. The molecule has 9 saturated heterocycles. The number of ether oxygens (including phenoxy) is 21. The fourth-order valence-electron chi connectivity index (χ4n) is 16.0. The van der Waals surface area contributed by atoms with Gasteiger partial charge < -0.3 is 223 Å².